The largest absolute Gasteiger partial charge is 0.478 e. The molecule has 1 amide bonds. The van der Waals surface area contributed by atoms with Crippen LogP contribution in [0.15, 0.2) is 0 Å². The van der Waals surface area contributed by atoms with Crippen molar-refractivity contribution in [3.63, 3.8) is 0 Å². The molecule has 0 bridgehead atoms. The Balaban J connectivity index is 5.67. The fraction of sp³-hybridized carbons (Fsp3) is 0.895. The Hall–Kier alpha value is -0.870. The lowest BCUT2D eigenvalue weighted by atomic mass is 10.0. The number of carbonyl (C=O) groups excluding carboxylic acids is 1. The van der Waals surface area contributed by atoms with Crippen LogP contribution in [0.3, 0.4) is 0 Å². The zero-order valence-corrected chi connectivity index (χ0v) is 18.6. The Labute approximate surface area is 174 Å². The van der Waals surface area contributed by atoms with Gasteiger partial charge in [0.15, 0.2) is 0 Å². The van der Waals surface area contributed by atoms with Crippen LogP contribution in [0.4, 0.5) is 0 Å². The quantitative estimate of drug-likeness (QED) is 0.146. The van der Waals surface area contributed by atoms with Gasteiger partial charge in [0, 0.05) is 37.8 Å². The van der Waals surface area contributed by atoms with Crippen LogP contribution in [0.1, 0.15) is 59.8 Å². The molecule has 0 aliphatic carbocycles. The molecule has 0 saturated heterocycles. The monoisotopic (exact) mass is 421 g/mol. The highest BCUT2D eigenvalue weighted by atomic mass is 32.1. The van der Waals surface area contributed by atoms with Crippen LogP contribution >= 0.6 is 12.6 Å². The number of thiol groups is 1. The third-order valence-corrected chi connectivity index (χ3v) is 5.22. The summed E-state index contributed by atoms with van der Waals surface area (Å²) in [5.74, 6) is -0.711. The summed E-state index contributed by atoms with van der Waals surface area (Å²) in [5, 5.41) is 23.3. The Morgan fingerprint density at radius 1 is 1.29 bits per heavy atom. The number of rotatable bonds is 16. The summed E-state index contributed by atoms with van der Waals surface area (Å²) in [4.78, 5) is 30.9. The summed E-state index contributed by atoms with van der Waals surface area (Å²) in [7, 11) is 0. The first-order chi connectivity index (χ1) is 13.1. The number of carboxylic acids is 1. The summed E-state index contributed by atoms with van der Waals surface area (Å²) in [6.45, 7) is 7.99. The molecular formula is C19H39N3O5S. The van der Waals surface area contributed by atoms with Crippen LogP contribution in [-0.2, 0) is 14.4 Å². The van der Waals surface area contributed by atoms with Gasteiger partial charge in [-0.2, -0.15) is 17.7 Å². The van der Waals surface area contributed by atoms with Gasteiger partial charge in [0.25, 0.3) is 0 Å². The number of nitrogens with zero attached hydrogens (tertiary/aromatic N) is 1. The minimum atomic E-state index is -1.89. The van der Waals surface area contributed by atoms with Crippen molar-refractivity contribution in [2.45, 2.75) is 71.5 Å². The second-order valence-corrected chi connectivity index (χ2v) is 8.08. The molecule has 5 N–H and O–H groups in total. The summed E-state index contributed by atoms with van der Waals surface area (Å²) in [6, 6.07) is -0.409. The number of aliphatic carboxylic acids is 1. The second kappa shape index (κ2) is 14.2. The van der Waals surface area contributed by atoms with Crippen LogP contribution in [-0.4, -0.2) is 64.4 Å². The van der Waals surface area contributed by atoms with Crippen molar-refractivity contribution in [3.8, 4) is 0 Å². The number of hydroxylamine groups is 2. The third-order valence-electron chi connectivity index (χ3n) is 4.76. The Morgan fingerprint density at radius 2 is 1.93 bits per heavy atom. The van der Waals surface area contributed by atoms with Gasteiger partial charge in [0.05, 0.1) is 6.61 Å². The Bertz CT molecular complexity index is 467. The molecule has 0 spiro atoms. The van der Waals surface area contributed by atoms with Gasteiger partial charge < -0.3 is 15.9 Å². The van der Waals surface area contributed by atoms with Gasteiger partial charge in [-0.25, -0.2) is 4.79 Å². The van der Waals surface area contributed by atoms with Crippen molar-refractivity contribution in [3.05, 3.63) is 0 Å². The smallest absolute Gasteiger partial charge is 0.347 e. The van der Waals surface area contributed by atoms with Crippen LogP contribution in [0, 0.1) is 11.8 Å². The molecule has 9 heteroatoms. The van der Waals surface area contributed by atoms with E-state index in [0.29, 0.717) is 24.5 Å². The van der Waals surface area contributed by atoms with E-state index in [2.05, 4.69) is 31.8 Å². The standard InChI is InChI=1S/C19H39N3O5S/c1-5-15(4)8-11-27-22(17(24)7-6-14(2)3)19(9-10-23,18(25)26)21-12-16(20)13-28/h14-16,21,23,28H,5-13,20H2,1-4H3,(H,25,26)/t15-,16?,19-/m0/s1. The maximum absolute atomic E-state index is 12.9. The maximum Gasteiger partial charge on any atom is 0.347 e. The van der Waals surface area contributed by atoms with Crippen LogP contribution in [0.2, 0.25) is 0 Å². The molecule has 3 atom stereocenters. The molecule has 8 nitrogen and oxygen atoms in total. The summed E-state index contributed by atoms with van der Waals surface area (Å²) in [6.07, 6.45) is 2.19. The normalized spacial score (nSPS) is 15.9. The predicted octanol–water partition coefficient (Wildman–Crippen LogP) is 1.63. The molecule has 0 aromatic heterocycles. The Morgan fingerprint density at radius 3 is 2.39 bits per heavy atom. The van der Waals surface area contributed by atoms with E-state index < -0.39 is 30.2 Å². The highest BCUT2D eigenvalue weighted by Gasteiger charge is 2.47. The van der Waals surface area contributed by atoms with Crippen molar-refractivity contribution >= 4 is 24.5 Å². The van der Waals surface area contributed by atoms with Crippen molar-refractivity contribution in [2.24, 2.45) is 17.6 Å². The number of aliphatic hydroxyl groups excluding tert-OH is 1. The molecule has 0 aliphatic heterocycles. The second-order valence-electron chi connectivity index (χ2n) is 7.72. The molecular weight excluding hydrogens is 382 g/mol. The molecule has 28 heavy (non-hydrogen) atoms. The molecule has 166 valence electrons. The first-order valence-corrected chi connectivity index (χ1v) is 10.7. The minimum absolute atomic E-state index is 0.110. The van der Waals surface area contributed by atoms with E-state index in [9.17, 15) is 19.8 Å². The number of nitrogens with two attached hydrogens (primary N) is 1. The van der Waals surface area contributed by atoms with E-state index in [1.165, 1.54) is 0 Å². The lowest BCUT2D eigenvalue weighted by Gasteiger charge is -2.40. The predicted molar refractivity (Wildman–Crippen MR) is 113 cm³/mol. The lowest BCUT2D eigenvalue weighted by Crippen LogP contribution is -2.67. The average molecular weight is 422 g/mol. The number of carboxylic acid groups (broad SMARTS) is 1. The highest BCUT2D eigenvalue weighted by Crippen LogP contribution is 2.22. The molecule has 0 aliphatic rings. The van der Waals surface area contributed by atoms with Crippen molar-refractivity contribution < 1.29 is 24.6 Å². The van der Waals surface area contributed by atoms with Gasteiger partial charge in [-0.1, -0.05) is 34.1 Å². The number of nitrogens with one attached hydrogen (secondary N) is 1. The molecule has 0 radical (unpaired) electrons. The zero-order valence-electron chi connectivity index (χ0n) is 17.7. The van der Waals surface area contributed by atoms with E-state index in [-0.39, 0.29) is 31.9 Å². The van der Waals surface area contributed by atoms with Crippen molar-refractivity contribution in [2.75, 3.05) is 25.5 Å². The molecule has 0 saturated carbocycles. The molecule has 1 unspecified atom stereocenters. The summed E-state index contributed by atoms with van der Waals surface area (Å²) >= 11 is 4.11. The molecule has 0 heterocycles. The van der Waals surface area contributed by atoms with Gasteiger partial charge in [-0.05, 0) is 24.7 Å². The first kappa shape index (κ1) is 27.1. The van der Waals surface area contributed by atoms with Gasteiger partial charge in [0.1, 0.15) is 0 Å². The molecule has 0 fully saturated rings. The molecule has 0 aromatic carbocycles. The number of amides is 1. The van der Waals surface area contributed by atoms with Crippen molar-refractivity contribution in [1.82, 2.24) is 10.4 Å². The fourth-order valence-electron chi connectivity index (χ4n) is 2.52. The van der Waals surface area contributed by atoms with Crippen LogP contribution in [0.5, 0.6) is 0 Å². The minimum Gasteiger partial charge on any atom is -0.478 e. The molecule has 0 rings (SSSR count). The number of hydrogen-bond acceptors (Lipinski definition) is 7. The van der Waals surface area contributed by atoms with Crippen LogP contribution in [0.25, 0.3) is 0 Å². The van der Waals surface area contributed by atoms with E-state index in [4.69, 9.17) is 10.6 Å². The molecule has 0 aromatic rings. The average Bonchev–Trinajstić information content (AvgIpc) is 2.66. The van der Waals surface area contributed by atoms with Gasteiger partial charge in [-0.3, -0.25) is 14.9 Å². The van der Waals surface area contributed by atoms with Gasteiger partial charge in [-0.15, -0.1) is 0 Å². The van der Waals surface area contributed by atoms with E-state index >= 15 is 0 Å². The van der Waals surface area contributed by atoms with Gasteiger partial charge in [0.2, 0.25) is 11.6 Å². The van der Waals surface area contributed by atoms with E-state index in [0.717, 1.165) is 11.5 Å². The van der Waals surface area contributed by atoms with Gasteiger partial charge >= 0.3 is 5.97 Å². The Kier molecular flexibility index (Phi) is 13.7. The SMILES string of the molecule is CC[C@H](C)CCON(C(=O)CCC(C)C)[C@](CCO)(NCC(N)CS)C(=O)O. The fourth-order valence-corrected chi connectivity index (χ4v) is 2.64. The maximum atomic E-state index is 12.9. The summed E-state index contributed by atoms with van der Waals surface area (Å²) in [5.41, 5.74) is 3.98. The number of hydrogen-bond donors (Lipinski definition) is 5. The zero-order chi connectivity index (χ0) is 21.7. The third kappa shape index (κ3) is 9.09. The topological polar surface area (TPSA) is 125 Å². The van der Waals surface area contributed by atoms with Crippen molar-refractivity contribution in [1.29, 1.82) is 0 Å². The lowest BCUT2D eigenvalue weighted by molar-refractivity contribution is -0.238. The van der Waals surface area contributed by atoms with Crippen LogP contribution < -0.4 is 11.1 Å². The number of carbonyl (C=O) groups is 2. The summed E-state index contributed by atoms with van der Waals surface area (Å²) < 4.78 is 0. The first-order valence-electron chi connectivity index (χ1n) is 10.1. The van der Waals surface area contributed by atoms with E-state index in [1.54, 1.807) is 0 Å². The highest BCUT2D eigenvalue weighted by molar-refractivity contribution is 7.80. The van der Waals surface area contributed by atoms with E-state index in [1.807, 2.05) is 13.8 Å². The number of aliphatic hydroxyl groups is 1.